The van der Waals surface area contributed by atoms with Gasteiger partial charge in [0.1, 0.15) is 0 Å². The number of amides is 3. The van der Waals surface area contributed by atoms with Gasteiger partial charge in [0.2, 0.25) is 5.91 Å². The maximum atomic E-state index is 11.9. The molecule has 0 bridgehead atoms. The van der Waals surface area contributed by atoms with Crippen LogP contribution in [0.3, 0.4) is 0 Å². The molecular weight excluding hydrogens is 232 g/mol. The number of carbonyl (C=O) groups is 2. The summed E-state index contributed by atoms with van der Waals surface area (Å²) in [7, 11) is 0. The number of carbonyl (C=O) groups excluding carboxylic acids is 2. The first kappa shape index (κ1) is 14.9. The molecule has 0 spiro atoms. The molecule has 3 atom stereocenters. The minimum absolute atomic E-state index is 0.222. The fourth-order valence-electron chi connectivity index (χ4n) is 2.46. The highest BCUT2D eigenvalue weighted by Gasteiger charge is 2.35. The summed E-state index contributed by atoms with van der Waals surface area (Å²) in [5.41, 5.74) is 5.75. The lowest BCUT2D eigenvalue weighted by atomic mass is 10.0. The van der Waals surface area contributed by atoms with Crippen molar-refractivity contribution in [2.75, 3.05) is 19.6 Å². The zero-order valence-electron chi connectivity index (χ0n) is 11.4. The Kier molecular flexibility index (Phi) is 5.55. The van der Waals surface area contributed by atoms with Gasteiger partial charge in [-0.05, 0) is 32.7 Å². The Morgan fingerprint density at radius 3 is 2.72 bits per heavy atom. The molecule has 1 fully saturated rings. The summed E-state index contributed by atoms with van der Waals surface area (Å²) < 4.78 is 0. The summed E-state index contributed by atoms with van der Waals surface area (Å²) >= 11 is 0. The second kappa shape index (κ2) is 6.70. The second-order valence-electron chi connectivity index (χ2n) is 4.83. The van der Waals surface area contributed by atoms with Crippen LogP contribution in [-0.4, -0.2) is 48.6 Å². The molecule has 1 rings (SSSR count). The predicted octanol–water partition coefficient (Wildman–Crippen LogP) is -0.110. The van der Waals surface area contributed by atoms with Gasteiger partial charge in [-0.2, -0.15) is 0 Å². The Morgan fingerprint density at radius 2 is 2.17 bits per heavy atom. The molecule has 18 heavy (non-hydrogen) atoms. The van der Waals surface area contributed by atoms with E-state index in [9.17, 15) is 9.59 Å². The van der Waals surface area contributed by atoms with Crippen molar-refractivity contribution in [2.45, 2.75) is 39.3 Å². The first-order valence-corrected chi connectivity index (χ1v) is 6.55. The monoisotopic (exact) mass is 256 g/mol. The van der Waals surface area contributed by atoms with Gasteiger partial charge in [-0.3, -0.25) is 15.0 Å². The number of likely N-dealkylation sites (tertiary alicyclic amines) is 1. The van der Waals surface area contributed by atoms with E-state index in [-0.39, 0.29) is 18.0 Å². The fourth-order valence-corrected chi connectivity index (χ4v) is 2.46. The maximum absolute atomic E-state index is 11.9. The van der Waals surface area contributed by atoms with Gasteiger partial charge in [0.05, 0.1) is 6.04 Å². The summed E-state index contributed by atoms with van der Waals surface area (Å²) in [4.78, 5) is 25.3. The van der Waals surface area contributed by atoms with Crippen LogP contribution in [0.5, 0.6) is 0 Å². The zero-order chi connectivity index (χ0) is 13.7. The minimum Gasteiger partial charge on any atom is -0.338 e. The highest BCUT2D eigenvalue weighted by molar-refractivity contribution is 5.96. The topological polar surface area (TPSA) is 87.5 Å². The van der Waals surface area contributed by atoms with Crippen LogP contribution in [0.1, 0.15) is 27.2 Å². The zero-order valence-corrected chi connectivity index (χ0v) is 11.4. The van der Waals surface area contributed by atoms with Crippen molar-refractivity contribution in [3.63, 3.8) is 0 Å². The molecule has 0 aromatic rings. The van der Waals surface area contributed by atoms with E-state index in [1.807, 2.05) is 6.92 Å². The summed E-state index contributed by atoms with van der Waals surface area (Å²) in [6, 6.07) is -0.544. The third kappa shape index (κ3) is 3.43. The molecule has 6 nitrogen and oxygen atoms in total. The van der Waals surface area contributed by atoms with Gasteiger partial charge in [0.15, 0.2) is 0 Å². The van der Waals surface area contributed by atoms with Crippen LogP contribution in [0.15, 0.2) is 0 Å². The van der Waals surface area contributed by atoms with Gasteiger partial charge in [-0.25, -0.2) is 4.79 Å². The molecule has 0 aromatic carbocycles. The normalized spacial score (nSPS) is 25.8. The van der Waals surface area contributed by atoms with Gasteiger partial charge in [0, 0.05) is 19.1 Å². The highest BCUT2D eigenvalue weighted by Crippen LogP contribution is 2.25. The van der Waals surface area contributed by atoms with Crippen molar-refractivity contribution >= 4 is 11.9 Å². The third-order valence-electron chi connectivity index (χ3n) is 3.62. The molecule has 3 amide bonds. The van der Waals surface area contributed by atoms with Crippen LogP contribution in [0.25, 0.3) is 0 Å². The van der Waals surface area contributed by atoms with Crippen LogP contribution in [0.4, 0.5) is 4.79 Å². The Hall–Kier alpha value is -1.14. The van der Waals surface area contributed by atoms with Crippen molar-refractivity contribution in [3.8, 4) is 0 Å². The largest absolute Gasteiger partial charge is 0.338 e. The lowest BCUT2D eigenvalue weighted by Gasteiger charge is -2.30. The van der Waals surface area contributed by atoms with Gasteiger partial charge in [-0.15, -0.1) is 0 Å². The molecule has 4 N–H and O–H groups in total. The van der Waals surface area contributed by atoms with E-state index in [2.05, 4.69) is 22.5 Å². The van der Waals surface area contributed by atoms with Gasteiger partial charge in [0.25, 0.3) is 0 Å². The number of hydrogen-bond acceptors (Lipinski definition) is 4. The number of urea groups is 1. The van der Waals surface area contributed by atoms with Gasteiger partial charge < -0.3 is 11.1 Å². The number of nitrogens with zero attached hydrogens (tertiary/aromatic N) is 1. The smallest absolute Gasteiger partial charge is 0.321 e. The van der Waals surface area contributed by atoms with E-state index >= 15 is 0 Å². The average molecular weight is 256 g/mol. The van der Waals surface area contributed by atoms with Crippen molar-refractivity contribution in [3.05, 3.63) is 0 Å². The molecule has 3 unspecified atom stereocenters. The van der Waals surface area contributed by atoms with E-state index in [0.717, 1.165) is 13.0 Å². The van der Waals surface area contributed by atoms with Crippen LogP contribution in [0.2, 0.25) is 0 Å². The van der Waals surface area contributed by atoms with Crippen molar-refractivity contribution in [2.24, 2.45) is 11.7 Å². The number of nitrogens with two attached hydrogens (primary N) is 1. The summed E-state index contributed by atoms with van der Waals surface area (Å²) in [6.45, 7) is 7.66. The molecule has 1 aliphatic heterocycles. The lowest BCUT2D eigenvalue weighted by Crippen LogP contribution is -2.52. The van der Waals surface area contributed by atoms with Crippen LogP contribution in [0, 0.1) is 5.92 Å². The van der Waals surface area contributed by atoms with E-state index < -0.39 is 6.03 Å². The van der Waals surface area contributed by atoms with Gasteiger partial charge >= 0.3 is 6.03 Å². The Balaban J connectivity index is 2.55. The maximum Gasteiger partial charge on any atom is 0.321 e. The average Bonchev–Trinajstić information content (AvgIpc) is 2.69. The first-order chi connectivity index (χ1) is 8.51. The summed E-state index contributed by atoms with van der Waals surface area (Å²) in [6.07, 6.45) is 1.04. The van der Waals surface area contributed by atoms with Crippen LogP contribution >= 0.6 is 0 Å². The number of rotatable bonds is 4. The fraction of sp³-hybridized carbons (Fsp3) is 0.833. The molecule has 0 aliphatic carbocycles. The van der Waals surface area contributed by atoms with E-state index in [1.54, 1.807) is 6.92 Å². The van der Waals surface area contributed by atoms with E-state index in [4.69, 9.17) is 5.73 Å². The lowest BCUT2D eigenvalue weighted by molar-refractivity contribution is -0.125. The Labute approximate surface area is 108 Å². The standard InChI is InChI=1S/C12H24N4O2/c1-4-14-12(18)15-11(17)9(3)16-6-5-8(2)10(16)7-13/h8-10H,4-7,13H2,1-3H3,(H2,14,15,17,18). The molecule has 0 aromatic heterocycles. The van der Waals surface area contributed by atoms with Crippen molar-refractivity contribution in [1.82, 2.24) is 15.5 Å². The molecule has 1 aliphatic rings. The quantitative estimate of drug-likeness (QED) is 0.655. The molecular formula is C12H24N4O2. The van der Waals surface area contributed by atoms with E-state index in [1.165, 1.54) is 0 Å². The third-order valence-corrected chi connectivity index (χ3v) is 3.62. The molecule has 0 saturated carbocycles. The molecule has 1 heterocycles. The molecule has 104 valence electrons. The minimum atomic E-state index is -0.439. The highest BCUT2D eigenvalue weighted by atomic mass is 16.2. The van der Waals surface area contributed by atoms with Gasteiger partial charge in [-0.1, -0.05) is 6.92 Å². The molecule has 0 radical (unpaired) electrons. The van der Waals surface area contributed by atoms with Crippen molar-refractivity contribution in [1.29, 1.82) is 0 Å². The number of imide groups is 1. The summed E-state index contributed by atoms with van der Waals surface area (Å²) in [5.74, 6) is 0.225. The second-order valence-corrected chi connectivity index (χ2v) is 4.83. The predicted molar refractivity (Wildman–Crippen MR) is 70.0 cm³/mol. The number of nitrogens with one attached hydrogen (secondary N) is 2. The Bertz CT molecular complexity index is 308. The SMILES string of the molecule is CCNC(=O)NC(=O)C(C)N1CCC(C)C1CN. The molecule has 1 saturated heterocycles. The van der Waals surface area contributed by atoms with E-state index in [0.29, 0.717) is 19.0 Å². The number of hydrogen-bond donors (Lipinski definition) is 3. The summed E-state index contributed by atoms with van der Waals surface area (Å²) in [5, 5.41) is 4.89. The van der Waals surface area contributed by atoms with Crippen molar-refractivity contribution < 1.29 is 9.59 Å². The Morgan fingerprint density at radius 1 is 1.50 bits per heavy atom. The first-order valence-electron chi connectivity index (χ1n) is 6.55. The van der Waals surface area contributed by atoms with Crippen LogP contribution in [-0.2, 0) is 4.79 Å². The molecule has 6 heteroatoms. The van der Waals surface area contributed by atoms with Crippen LogP contribution < -0.4 is 16.4 Å².